The predicted octanol–water partition coefficient (Wildman–Crippen LogP) is 5.04. The lowest BCUT2D eigenvalue weighted by atomic mass is 10.0. The van der Waals surface area contributed by atoms with Gasteiger partial charge in [-0.1, -0.05) is 43.9 Å². The number of carbonyl (C=O) groups excluding carboxylic acids is 1. The zero-order chi connectivity index (χ0) is 20.2. The molecular formula is C25H39N3O. The van der Waals surface area contributed by atoms with E-state index in [9.17, 15) is 4.79 Å². The van der Waals surface area contributed by atoms with Crippen LogP contribution in [0, 0.1) is 5.92 Å². The van der Waals surface area contributed by atoms with Crippen LogP contribution in [-0.4, -0.2) is 46.9 Å². The van der Waals surface area contributed by atoms with Gasteiger partial charge in [0.2, 0.25) is 5.91 Å². The number of rotatable bonds is 4. The van der Waals surface area contributed by atoms with Crippen LogP contribution < -0.4 is 5.32 Å². The van der Waals surface area contributed by atoms with Crippen LogP contribution >= 0.6 is 0 Å². The molecule has 1 N–H and O–H groups in total. The lowest BCUT2D eigenvalue weighted by molar-refractivity contribution is -0.133. The van der Waals surface area contributed by atoms with Gasteiger partial charge in [-0.25, -0.2) is 0 Å². The fourth-order valence-electron chi connectivity index (χ4n) is 6.01. The first-order chi connectivity index (χ1) is 14.1. The molecule has 2 heterocycles. The Balaban J connectivity index is 1.54. The molecule has 4 nitrogen and oxygen atoms in total. The van der Waals surface area contributed by atoms with E-state index in [1.807, 2.05) is 0 Å². The molecule has 0 spiro atoms. The quantitative estimate of drug-likeness (QED) is 0.773. The largest absolute Gasteiger partial charge is 0.385 e. The first-order valence-electron chi connectivity index (χ1n) is 12.0. The van der Waals surface area contributed by atoms with Gasteiger partial charge in [-0.15, -0.1) is 0 Å². The van der Waals surface area contributed by atoms with Gasteiger partial charge in [0.15, 0.2) is 0 Å². The van der Waals surface area contributed by atoms with Crippen LogP contribution in [0.3, 0.4) is 0 Å². The molecule has 0 unspecified atom stereocenters. The van der Waals surface area contributed by atoms with Gasteiger partial charge >= 0.3 is 0 Å². The third-order valence-electron chi connectivity index (χ3n) is 7.47. The summed E-state index contributed by atoms with van der Waals surface area (Å²) in [6, 6.07) is 10.2. The number of hydrogen-bond donors (Lipinski definition) is 1. The van der Waals surface area contributed by atoms with Crippen LogP contribution in [0.25, 0.3) is 0 Å². The molecule has 1 amide bonds. The smallest absolute Gasteiger partial charge is 0.222 e. The van der Waals surface area contributed by atoms with Crippen molar-refractivity contribution in [3.8, 4) is 0 Å². The highest BCUT2D eigenvalue weighted by Crippen LogP contribution is 2.32. The molecule has 2 atom stereocenters. The molecule has 2 aliphatic heterocycles. The highest BCUT2D eigenvalue weighted by molar-refractivity contribution is 5.76. The number of fused-ring (bicyclic) bond motifs is 3. The average molecular weight is 398 g/mol. The SMILES string of the molecule is CC(C)N1[C@H]2CCNc3ccccc3CN(C(=O)CCC3CCCC3)C[C@@H]1CC2. The Hall–Kier alpha value is -1.55. The van der Waals surface area contributed by atoms with Gasteiger partial charge in [-0.05, 0) is 57.1 Å². The molecular weight excluding hydrogens is 358 g/mol. The first-order valence-corrected chi connectivity index (χ1v) is 12.0. The third kappa shape index (κ3) is 4.96. The first kappa shape index (κ1) is 20.7. The van der Waals surface area contributed by atoms with Crippen molar-refractivity contribution < 1.29 is 4.79 Å². The molecule has 29 heavy (non-hydrogen) atoms. The highest BCUT2D eigenvalue weighted by atomic mass is 16.2. The van der Waals surface area contributed by atoms with E-state index in [2.05, 4.69) is 53.2 Å². The van der Waals surface area contributed by atoms with Gasteiger partial charge in [0, 0.05) is 49.9 Å². The average Bonchev–Trinajstić information content (AvgIpc) is 3.35. The maximum Gasteiger partial charge on any atom is 0.222 e. The lowest BCUT2D eigenvalue weighted by Crippen LogP contribution is -2.48. The molecule has 4 heteroatoms. The van der Waals surface area contributed by atoms with Crippen molar-refractivity contribution in [3.63, 3.8) is 0 Å². The Morgan fingerprint density at radius 2 is 1.83 bits per heavy atom. The van der Waals surface area contributed by atoms with Gasteiger partial charge in [0.05, 0.1) is 0 Å². The summed E-state index contributed by atoms with van der Waals surface area (Å²) in [5.41, 5.74) is 2.46. The van der Waals surface area contributed by atoms with Crippen LogP contribution in [0.4, 0.5) is 5.69 Å². The van der Waals surface area contributed by atoms with E-state index in [0.717, 1.165) is 38.4 Å². The minimum Gasteiger partial charge on any atom is -0.385 e. The molecule has 2 fully saturated rings. The Morgan fingerprint density at radius 3 is 2.62 bits per heavy atom. The van der Waals surface area contributed by atoms with Crippen LogP contribution in [-0.2, 0) is 11.3 Å². The Morgan fingerprint density at radius 1 is 1.07 bits per heavy atom. The van der Waals surface area contributed by atoms with E-state index in [4.69, 9.17) is 0 Å². The van der Waals surface area contributed by atoms with Crippen molar-refractivity contribution in [2.45, 2.75) is 96.3 Å². The summed E-state index contributed by atoms with van der Waals surface area (Å²) in [5, 5.41) is 3.67. The van der Waals surface area contributed by atoms with Gasteiger partial charge in [-0.3, -0.25) is 9.69 Å². The molecule has 0 aromatic heterocycles. The Labute approximate surface area is 177 Å². The van der Waals surface area contributed by atoms with E-state index < -0.39 is 0 Å². The summed E-state index contributed by atoms with van der Waals surface area (Å²) >= 11 is 0. The van der Waals surface area contributed by atoms with Crippen molar-refractivity contribution in [2.75, 3.05) is 18.4 Å². The molecule has 160 valence electrons. The molecule has 2 bridgehead atoms. The Bertz CT molecular complexity index is 682. The predicted molar refractivity (Wildman–Crippen MR) is 120 cm³/mol. The zero-order valence-electron chi connectivity index (χ0n) is 18.4. The minimum atomic E-state index is 0.359. The molecule has 1 aliphatic carbocycles. The lowest BCUT2D eigenvalue weighted by Gasteiger charge is -2.36. The number of nitrogens with one attached hydrogen (secondary N) is 1. The normalized spacial score (nSPS) is 26.2. The van der Waals surface area contributed by atoms with Crippen molar-refractivity contribution >= 4 is 11.6 Å². The molecule has 1 aromatic carbocycles. The molecule has 3 aliphatic rings. The highest BCUT2D eigenvalue weighted by Gasteiger charge is 2.37. The van der Waals surface area contributed by atoms with E-state index >= 15 is 0 Å². The maximum atomic E-state index is 13.4. The number of amides is 1. The fourth-order valence-corrected chi connectivity index (χ4v) is 6.01. The number of anilines is 1. The Kier molecular flexibility index (Phi) is 6.79. The summed E-state index contributed by atoms with van der Waals surface area (Å²) < 4.78 is 0. The number of carbonyl (C=O) groups is 1. The van der Waals surface area contributed by atoms with Crippen LogP contribution in [0.5, 0.6) is 0 Å². The van der Waals surface area contributed by atoms with Crippen LogP contribution in [0.15, 0.2) is 24.3 Å². The minimum absolute atomic E-state index is 0.359. The van der Waals surface area contributed by atoms with Crippen molar-refractivity contribution in [1.29, 1.82) is 0 Å². The second-order valence-corrected chi connectivity index (χ2v) is 9.76. The van der Waals surface area contributed by atoms with Crippen molar-refractivity contribution in [1.82, 2.24) is 9.80 Å². The van der Waals surface area contributed by atoms with Crippen LogP contribution in [0.1, 0.15) is 77.2 Å². The number of benzene rings is 1. The second kappa shape index (κ2) is 9.51. The molecule has 1 saturated carbocycles. The fraction of sp³-hybridized carbons (Fsp3) is 0.720. The summed E-state index contributed by atoms with van der Waals surface area (Å²) in [5.74, 6) is 1.14. The second-order valence-electron chi connectivity index (χ2n) is 9.76. The van der Waals surface area contributed by atoms with E-state index in [-0.39, 0.29) is 0 Å². The molecule has 1 saturated heterocycles. The number of hydrogen-bond acceptors (Lipinski definition) is 3. The zero-order valence-corrected chi connectivity index (χ0v) is 18.4. The maximum absolute atomic E-state index is 13.4. The van der Waals surface area contributed by atoms with E-state index in [0.29, 0.717) is 24.0 Å². The van der Waals surface area contributed by atoms with E-state index in [1.165, 1.54) is 56.2 Å². The molecule has 0 radical (unpaired) electrons. The van der Waals surface area contributed by atoms with E-state index in [1.54, 1.807) is 0 Å². The summed E-state index contributed by atoms with van der Waals surface area (Å²) in [6.07, 6.45) is 10.8. The summed E-state index contributed by atoms with van der Waals surface area (Å²) in [6.45, 7) is 7.26. The summed E-state index contributed by atoms with van der Waals surface area (Å²) in [4.78, 5) is 18.2. The van der Waals surface area contributed by atoms with Gasteiger partial charge in [-0.2, -0.15) is 0 Å². The number of para-hydroxylation sites is 1. The van der Waals surface area contributed by atoms with Gasteiger partial charge in [0.25, 0.3) is 0 Å². The monoisotopic (exact) mass is 397 g/mol. The molecule has 1 aromatic rings. The van der Waals surface area contributed by atoms with Crippen molar-refractivity contribution in [2.24, 2.45) is 5.92 Å². The van der Waals surface area contributed by atoms with Gasteiger partial charge < -0.3 is 10.2 Å². The topological polar surface area (TPSA) is 35.6 Å². The molecule has 4 rings (SSSR count). The summed E-state index contributed by atoms with van der Waals surface area (Å²) in [7, 11) is 0. The standard InChI is InChI=1S/C25H39N3O/c1-19(2)28-22-12-13-23(28)18-27(25(29)14-11-20-7-3-4-8-20)17-21-9-5-6-10-24(21)26-16-15-22/h5-6,9-10,19-20,22-23,26H,3-4,7-8,11-18H2,1-2H3/t22-,23+/m1/s1. The number of nitrogens with zero attached hydrogens (tertiary/aromatic N) is 2. The third-order valence-corrected chi connectivity index (χ3v) is 7.47. The van der Waals surface area contributed by atoms with Crippen molar-refractivity contribution in [3.05, 3.63) is 29.8 Å². The van der Waals surface area contributed by atoms with Crippen LogP contribution in [0.2, 0.25) is 0 Å². The van der Waals surface area contributed by atoms with Gasteiger partial charge in [0.1, 0.15) is 0 Å².